The fourth-order valence-corrected chi connectivity index (χ4v) is 3.61. The molecule has 0 unspecified atom stereocenters. The number of likely N-dealkylation sites (N-methyl/N-ethyl adjacent to an activating group) is 1. The number of benzene rings is 1. The fourth-order valence-electron chi connectivity index (χ4n) is 3.61. The highest BCUT2D eigenvalue weighted by molar-refractivity contribution is 5.76. The van der Waals surface area contributed by atoms with Crippen LogP contribution in [-0.2, 0) is 16.6 Å². The highest BCUT2D eigenvalue weighted by Gasteiger charge is 2.29. The molecule has 1 fully saturated rings. The predicted octanol–water partition coefficient (Wildman–Crippen LogP) is 3.45. The summed E-state index contributed by atoms with van der Waals surface area (Å²) in [4.78, 5) is 17.3. The minimum atomic E-state index is 0.00382. The molecule has 0 spiro atoms. The van der Waals surface area contributed by atoms with Gasteiger partial charge in [-0.1, -0.05) is 52.0 Å². The lowest BCUT2D eigenvalue weighted by atomic mass is 9.86. The third-order valence-corrected chi connectivity index (χ3v) is 5.85. The zero-order valence-electron chi connectivity index (χ0n) is 18.3. The molecule has 1 aliphatic rings. The molecule has 1 amide bonds. The van der Waals surface area contributed by atoms with Gasteiger partial charge in [-0.3, -0.25) is 9.69 Å². The molecule has 4 nitrogen and oxygen atoms in total. The van der Waals surface area contributed by atoms with Crippen molar-refractivity contribution in [3.63, 3.8) is 0 Å². The van der Waals surface area contributed by atoms with Crippen LogP contribution in [0.4, 0.5) is 0 Å². The Hall–Kier alpha value is -1.39. The van der Waals surface area contributed by atoms with Crippen molar-refractivity contribution in [2.24, 2.45) is 0 Å². The zero-order chi connectivity index (χ0) is 20.1. The smallest absolute Gasteiger partial charge is 0.220 e. The third-order valence-electron chi connectivity index (χ3n) is 5.85. The Balaban J connectivity index is 1.75. The van der Waals surface area contributed by atoms with Gasteiger partial charge in [-0.05, 0) is 43.4 Å². The quantitative estimate of drug-likeness (QED) is 0.795. The highest BCUT2D eigenvalue weighted by Crippen LogP contribution is 2.22. The van der Waals surface area contributed by atoms with Gasteiger partial charge in [0.2, 0.25) is 5.91 Å². The minimum Gasteiger partial charge on any atom is -0.354 e. The third kappa shape index (κ3) is 6.62. The van der Waals surface area contributed by atoms with E-state index in [4.69, 9.17) is 0 Å². The van der Waals surface area contributed by atoms with Crippen LogP contribution in [0.3, 0.4) is 0 Å². The van der Waals surface area contributed by atoms with Crippen LogP contribution in [-0.4, -0.2) is 60.5 Å². The van der Waals surface area contributed by atoms with E-state index in [1.165, 1.54) is 11.1 Å². The number of carbonyl (C=O) groups is 1. The SMILES string of the molecule is CCN1CCN(C(C)(C)CNC(=O)CCc2ccc(C(C)(C)C)cc2)CC1. The number of hydrogen-bond acceptors (Lipinski definition) is 3. The maximum Gasteiger partial charge on any atom is 0.220 e. The first kappa shape index (κ1) is 21.9. The van der Waals surface area contributed by atoms with Crippen LogP contribution in [0.1, 0.15) is 59.1 Å². The van der Waals surface area contributed by atoms with E-state index in [1.54, 1.807) is 0 Å². The molecule has 1 saturated heterocycles. The maximum absolute atomic E-state index is 12.3. The van der Waals surface area contributed by atoms with E-state index < -0.39 is 0 Å². The summed E-state index contributed by atoms with van der Waals surface area (Å²) >= 11 is 0. The van der Waals surface area contributed by atoms with Gasteiger partial charge in [0.15, 0.2) is 0 Å². The molecule has 2 rings (SSSR count). The summed E-state index contributed by atoms with van der Waals surface area (Å²) in [6.45, 7) is 19.6. The first-order valence-corrected chi connectivity index (χ1v) is 10.5. The molecule has 1 N–H and O–H groups in total. The number of nitrogens with one attached hydrogen (secondary N) is 1. The Kier molecular flexibility index (Phi) is 7.47. The van der Waals surface area contributed by atoms with Crippen molar-refractivity contribution in [1.29, 1.82) is 0 Å². The monoisotopic (exact) mass is 373 g/mol. The first-order valence-electron chi connectivity index (χ1n) is 10.5. The van der Waals surface area contributed by atoms with Gasteiger partial charge >= 0.3 is 0 Å². The van der Waals surface area contributed by atoms with Gasteiger partial charge in [0, 0.05) is 44.7 Å². The van der Waals surface area contributed by atoms with E-state index >= 15 is 0 Å². The molecule has 1 heterocycles. The molecule has 0 radical (unpaired) electrons. The molecule has 0 saturated carbocycles. The van der Waals surface area contributed by atoms with Gasteiger partial charge in [-0.2, -0.15) is 0 Å². The van der Waals surface area contributed by atoms with Gasteiger partial charge < -0.3 is 10.2 Å². The summed E-state index contributed by atoms with van der Waals surface area (Å²) in [6, 6.07) is 8.69. The molecule has 1 aromatic rings. The van der Waals surface area contributed by atoms with Crippen molar-refractivity contribution >= 4 is 5.91 Å². The van der Waals surface area contributed by atoms with Crippen LogP contribution < -0.4 is 5.32 Å². The number of aryl methyl sites for hydroxylation is 1. The second-order valence-electron chi connectivity index (χ2n) is 9.46. The summed E-state index contributed by atoms with van der Waals surface area (Å²) in [7, 11) is 0. The number of hydrogen-bond donors (Lipinski definition) is 1. The summed E-state index contributed by atoms with van der Waals surface area (Å²) in [5, 5.41) is 3.16. The van der Waals surface area contributed by atoms with E-state index in [-0.39, 0.29) is 16.9 Å². The normalized spacial score (nSPS) is 17.1. The van der Waals surface area contributed by atoms with Crippen molar-refractivity contribution in [2.45, 2.75) is 65.3 Å². The van der Waals surface area contributed by atoms with Crippen LogP contribution in [0.25, 0.3) is 0 Å². The van der Waals surface area contributed by atoms with Crippen molar-refractivity contribution in [3.05, 3.63) is 35.4 Å². The Morgan fingerprint density at radius 2 is 1.59 bits per heavy atom. The lowest BCUT2D eigenvalue weighted by molar-refractivity contribution is -0.121. The van der Waals surface area contributed by atoms with Gasteiger partial charge in [0.1, 0.15) is 0 Å². The summed E-state index contributed by atoms with van der Waals surface area (Å²) < 4.78 is 0. The van der Waals surface area contributed by atoms with Crippen molar-refractivity contribution in [1.82, 2.24) is 15.1 Å². The topological polar surface area (TPSA) is 35.6 Å². The molecule has 4 heteroatoms. The Labute approximate surface area is 166 Å². The van der Waals surface area contributed by atoms with Gasteiger partial charge in [-0.25, -0.2) is 0 Å². The molecule has 0 aromatic heterocycles. The van der Waals surface area contributed by atoms with Crippen LogP contribution >= 0.6 is 0 Å². The first-order chi connectivity index (χ1) is 12.6. The van der Waals surface area contributed by atoms with Crippen molar-refractivity contribution < 1.29 is 4.79 Å². The van der Waals surface area contributed by atoms with Crippen molar-refractivity contribution in [2.75, 3.05) is 39.3 Å². The number of piperazine rings is 1. The van der Waals surface area contributed by atoms with Crippen LogP contribution in [0.15, 0.2) is 24.3 Å². The molecular formula is C23H39N3O. The summed E-state index contributed by atoms with van der Waals surface area (Å²) in [5.74, 6) is 0.148. The van der Waals surface area contributed by atoms with Crippen LogP contribution in [0.2, 0.25) is 0 Å². The summed E-state index contributed by atoms with van der Waals surface area (Å²) in [6.07, 6.45) is 1.35. The predicted molar refractivity (Wildman–Crippen MR) is 114 cm³/mol. The standard InChI is InChI=1S/C23H39N3O/c1-7-25-14-16-26(17-15-25)23(5,6)18-24-21(27)13-10-19-8-11-20(12-9-19)22(2,3)4/h8-9,11-12H,7,10,13-18H2,1-6H3,(H,24,27). The van der Waals surface area contributed by atoms with E-state index in [0.717, 1.165) is 39.1 Å². The van der Waals surface area contributed by atoms with E-state index in [1.807, 2.05) is 0 Å². The Morgan fingerprint density at radius 1 is 1.00 bits per heavy atom. The number of carbonyl (C=O) groups excluding carboxylic acids is 1. The molecule has 0 atom stereocenters. The minimum absolute atomic E-state index is 0.00382. The average molecular weight is 374 g/mol. The van der Waals surface area contributed by atoms with Gasteiger partial charge in [0.25, 0.3) is 0 Å². The molecule has 1 aliphatic heterocycles. The second-order valence-corrected chi connectivity index (χ2v) is 9.46. The highest BCUT2D eigenvalue weighted by atomic mass is 16.1. The Morgan fingerprint density at radius 3 is 2.11 bits per heavy atom. The largest absolute Gasteiger partial charge is 0.354 e. The molecular weight excluding hydrogens is 334 g/mol. The Bertz CT molecular complexity index is 593. The summed E-state index contributed by atoms with van der Waals surface area (Å²) in [5.41, 5.74) is 2.74. The van der Waals surface area contributed by atoms with Gasteiger partial charge in [-0.15, -0.1) is 0 Å². The zero-order valence-corrected chi connectivity index (χ0v) is 18.3. The van der Waals surface area contributed by atoms with Crippen LogP contribution in [0.5, 0.6) is 0 Å². The second kappa shape index (κ2) is 9.20. The molecule has 1 aromatic carbocycles. The number of rotatable bonds is 7. The average Bonchev–Trinajstić information content (AvgIpc) is 2.64. The van der Waals surface area contributed by atoms with Crippen molar-refractivity contribution in [3.8, 4) is 0 Å². The maximum atomic E-state index is 12.3. The molecule has 27 heavy (non-hydrogen) atoms. The lowest BCUT2D eigenvalue weighted by Crippen LogP contribution is -2.58. The molecule has 152 valence electrons. The van der Waals surface area contributed by atoms with E-state index in [2.05, 4.69) is 80.9 Å². The number of amides is 1. The lowest BCUT2D eigenvalue weighted by Gasteiger charge is -2.44. The van der Waals surface area contributed by atoms with Gasteiger partial charge in [0.05, 0.1) is 0 Å². The molecule has 0 aliphatic carbocycles. The molecule has 0 bridgehead atoms. The van der Waals surface area contributed by atoms with E-state index in [0.29, 0.717) is 13.0 Å². The number of nitrogens with zero attached hydrogens (tertiary/aromatic N) is 2. The fraction of sp³-hybridized carbons (Fsp3) is 0.696. The van der Waals surface area contributed by atoms with Crippen LogP contribution in [0, 0.1) is 0 Å². The van der Waals surface area contributed by atoms with E-state index in [9.17, 15) is 4.79 Å².